The summed E-state index contributed by atoms with van der Waals surface area (Å²) >= 11 is 0. The number of aromatic nitrogens is 2. The molecule has 0 amide bonds. The molecule has 2 saturated heterocycles. The first-order chi connectivity index (χ1) is 19.8. The van der Waals surface area contributed by atoms with Crippen molar-refractivity contribution in [3.8, 4) is 12.1 Å². The standard InChI is InChI=1S/C31H43N7O3/c1-21-7-5-9-28(23(21)3)36-14-11-26-27(18-36)33-31(41-20-25-8-6-13-35(25)4)34-29(26)37-15-16-38(24(17-37)10-12-32)30(40)22(2)19-39/h5,7,9,24-25,30,39-40H,2,6,8,10-11,13-20H2,1,3-4H3/t24-,25-,30?/m0/s1. The molecular weight excluding hydrogens is 518 g/mol. The molecule has 220 valence electrons. The minimum absolute atomic E-state index is 0.232. The molecule has 0 bridgehead atoms. The van der Waals surface area contributed by atoms with Crippen LogP contribution in [-0.4, -0.2) is 101 Å². The quantitative estimate of drug-likeness (QED) is 0.443. The van der Waals surface area contributed by atoms with Crippen molar-refractivity contribution in [1.82, 2.24) is 19.8 Å². The number of likely N-dealkylation sites (N-methyl/N-ethyl adjacent to an activating group) is 1. The number of rotatable bonds is 9. The maximum Gasteiger partial charge on any atom is 0.318 e. The Morgan fingerprint density at radius 3 is 2.73 bits per heavy atom. The van der Waals surface area contributed by atoms with E-state index in [2.05, 4.69) is 66.4 Å². The number of aryl methyl sites for hydroxylation is 1. The van der Waals surface area contributed by atoms with Crippen molar-refractivity contribution in [2.45, 2.75) is 64.4 Å². The van der Waals surface area contributed by atoms with Gasteiger partial charge in [-0.3, -0.25) is 4.90 Å². The second-order valence-corrected chi connectivity index (χ2v) is 11.6. The second-order valence-electron chi connectivity index (χ2n) is 11.6. The highest BCUT2D eigenvalue weighted by Gasteiger charge is 2.35. The van der Waals surface area contributed by atoms with Crippen LogP contribution >= 0.6 is 0 Å². The van der Waals surface area contributed by atoms with E-state index in [9.17, 15) is 15.5 Å². The molecule has 10 heteroatoms. The van der Waals surface area contributed by atoms with Crippen LogP contribution in [0.4, 0.5) is 11.5 Å². The Labute approximate surface area is 243 Å². The van der Waals surface area contributed by atoms with Gasteiger partial charge >= 0.3 is 6.01 Å². The van der Waals surface area contributed by atoms with Crippen LogP contribution in [0.1, 0.15) is 41.6 Å². The van der Waals surface area contributed by atoms with Gasteiger partial charge in [0.2, 0.25) is 0 Å². The predicted molar refractivity (Wildman–Crippen MR) is 159 cm³/mol. The third-order valence-corrected chi connectivity index (χ3v) is 9.05. The van der Waals surface area contributed by atoms with Crippen LogP contribution in [0.3, 0.4) is 0 Å². The fourth-order valence-corrected chi connectivity index (χ4v) is 6.35. The molecule has 10 nitrogen and oxygen atoms in total. The predicted octanol–water partition coefficient (Wildman–Crippen LogP) is 2.40. The van der Waals surface area contributed by atoms with Gasteiger partial charge in [-0.05, 0) is 69.5 Å². The van der Waals surface area contributed by atoms with E-state index in [-0.39, 0.29) is 19.1 Å². The minimum atomic E-state index is -0.992. The number of aliphatic hydroxyl groups is 2. The molecular formula is C31H43N7O3. The summed E-state index contributed by atoms with van der Waals surface area (Å²) < 4.78 is 6.27. The molecule has 3 atom stereocenters. The van der Waals surface area contributed by atoms with Gasteiger partial charge in [0.25, 0.3) is 0 Å². The molecule has 3 aliphatic heterocycles. The molecule has 2 N–H and O–H groups in total. The number of hydrogen-bond donors (Lipinski definition) is 2. The van der Waals surface area contributed by atoms with Crippen LogP contribution in [0.5, 0.6) is 6.01 Å². The molecule has 0 spiro atoms. The van der Waals surface area contributed by atoms with Crippen LogP contribution in [-0.2, 0) is 13.0 Å². The zero-order chi connectivity index (χ0) is 29.1. The Morgan fingerprint density at radius 1 is 1.17 bits per heavy atom. The molecule has 0 radical (unpaired) electrons. The lowest BCUT2D eigenvalue weighted by atomic mass is 10.0. The first-order valence-corrected chi connectivity index (χ1v) is 14.7. The molecule has 1 aromatic carbocycles. The van der Waals surface area contributed by atoms with Gasteiger partial charge in [0.15, 0.2) is 0 Å². The highest BCUT2D eigenvalue weighted by atomic mass is 16.5. The summed E-state index contributed by atoms with van der Waals surface area (Å²) in [5.41, 5.74) is 6.22. The van der Waals surface area contributed by atoms with Crippen molar-refractivity contribution in [1.29, 1.82) is 5.26 Å². The van der Waals surface area contributed by atoms with Crippen molar-refractivity contribution in [2.75, 3.05) is 62.8 Å². The van der Waals surface area contributed by atoms with Gasteiger partial charge in [0.05, 0.1) is 31.3 Å². The van der Waals surface area contributed by atoms with Crippen LogP contribution in [0, 0.1) is 25.2 Å². The van der Waals surface area contributed by atoms with E-state index in [1.54, 1.807) is 0 Å². The molecule has 41 heavy (non-hydrogen) atoms. The van der Waals surface area contributed by atoms with Crippen LogP contribution in [0.25, 0.3) is 0 Å². The van der Waals surface area contributed by atoms with E-state index in [1.807, 2.05) is 4.90 Å². The Bertz CT molecular complexity index is 1300. The normalized spacial score (nSPS) is 22.3. The second kappa shape index (κ2) is 12.7. The number of benzene rings is 1. The Balaban J connectivity index is 1.45. The van der Waals surface area contributed by atoms with Gasteiger partial charge in [-0.1, -0.05) is 18.7 Å². The highest BCUT2D eigenvalue weighted by molar-refractivity contribution is 5.60. The van der Waals surface area contributed by atoms with Gasteiger partial charge in [-0.2, -0.15) is 15.2 Å². The van der Waals surface area contributed by atoms with Crippen molar-refractivity contribution in [3.63, 3.8) is 0 Å². The summed E-state index contributed by atoms with van der Waals surface area (Å²) in [6.07, 6.45) is 2.33. The number of piperazine rings is 1. The highest BCUT2D eigenvalue weighted by Crippen LogP contribution is 2.34. The lowest BCUT2D eigenvalue weighted by molar-refractivity contribution is -0.00926. The maximum absolute atomic E-state index is 10.8. The first kappa shape index (κ1) is 29.3. The Morgan fingerprint density at radius 2 is 2.00 bits per heavy atom. The zero-order valence-electron chi connectivity index (χ0n) is 24.6. The topological polar surface area (TPSA) is 112 Å². The van der Waals surface area contributed by atoms with E-state index in [4.69, 9.17) is 14.7 Å². The van der Waals surface area contributed by atoms with Crippen molar-refractivity contribution >= 4 is 11.5 Å². The molecule has 5 rings (SSSR count). The molecule has 1 unspecified atom stereocenters. The smallest absolute Gasteiger partial charge is 0.318 e. The summed E-state index contributed by atoms with van der Waals surface area (Å²) in [5, 5.41) is 29.9. The number of likely N-dealkylation sites (tertiary alicyclic amines) is 1. The van der Waals surface area contributed by atoms with Gasteiger partial charge in [-0.15, -0.1) is 0 Å². The monoisotopic (exact) mass is 561 g/mol. The van der Waals surface area contributed by atoms with Gasteiger partial charge in [0, 0.05) is 49.5 Å². The number of anilines is 2. The van der Waals surface area contributed by atoms with Crippen LogP contribution < -0.4 is 14.5 Å². The Kier molecular flexibility index (Phi) is 9.09. The van der Waals surface area contributed by atoms with Crippen LogP contribution in [0.15, 0.2) is 30.4 Å². The number of nitrogens with zero attached hydrogens (tertiary/aromatic N) is 7. The fraction of sp³-hybridized carbons (Fsp3) is 0.581. The van der Waals surface area contributed by atoms with Crippen LogP contribution in [0.2, 0.25) is 0 Å². The summed E-state index contributed by atoms with van der Waals surface area (Å²) in [4.78, 5) is 18.7. The van der Waals surface area contributed by atoms with E-state index < -0.39 is 6.23 Å². The fourth-order valence-electron chi connectivity index (χ4n) is 6.35. The molecule has 1 aromatic heterocycles. The molecule has 2 fully saturated rings. The average Bonchev–Trinajstić information content (AvgIpc) is 3.40. The van der Waals surface area contributed by atoms with E-state index in [0.717, 1.165) is 43.0 Å². The first-order valence-electron chi connectivity index (χ1n) is 14.7. The number of fused-ring (bicyclic) bond motifs is 1. The molecule has 0 saturated carbocycles. The number of nitriles is 1. The summed E-state index contributed by atoms with van der Waals surface area (Å²) in [7, 11) is 2.14. The molecule has 2 aromatic rings. The van der Waals surface area contributed by atoms with E-state index in [1.165, 1.54) is 23.2 Å². The minimum Gasteiger partial charge on any atom is -0.462 e. The average molecular weight is 562 g/mol. The number of hydrogen-bond acceptors (Lipinski definition) is 10. The third kappa shape index (κ3) is 6.19. The number of aliphatic hydroxyl groups excluding tert-OH is 2. The third-order valence-electron chi connectivity index (χ3n) is 9.05. The summed E-state index contributed by atoms with van der Waals surface area (Å²) in [6, 6.07) is 9.23. The SMILES string of the molecule is C=C(CO)C(O)N1CCN(c2nc(OC[C@@H]3CCCN3C)nc3c2CCN(c2cccc(C)c2C)C3)C[C@@H]1CC#N. The maximum atomic E-state index is 10.8. The zero-order valence-corrected chi connectivity index (χ0v) is 24.6. The lowest BCUT2D eigenvalue weighted by Crippen LogP contribution is -2.57. The van der Waals surface area contributed by atoms with E-state index in [0.29, 0.717) is 50.4 Å². The van der Waals surface area contributed by atoms with Gasteiger partial charge in [-0.25, -0.2) is 0 Å². The Hall–Kier alpha value is -3.23. The van der Waals surface area contributed by atoms with E-state index >= 15 is 0 Å². The van der Waals surface area contributed by atoms with Crippen molar-refractivity contribution in [2.24, 2.45) is 0 Å². The molecule has 4 heterocycles. The summed E-state index contributed by atoms with van der Waals surface area (Å²) in [5.74, 6) is 0.864. The molecule has 3 aliphatic rings. The van der Waals surface area contributed by atoms with Gasteiger partial charge in [0.1, 0.15) is 18.7 Å². The largest absolute Gasteiger partial charge is 0.462 e. The molecule has 0 aliphatic carbocycles. The van der Waals surface area contributed by atoms with Gasteiger partial charge < -0.3 is 29.6 Å². The van der Waals surface area contributed by atoms with Crippen molar-refractivity contribution < 1.29 is 14.9 Å². The summed E-state index contributed by atoms with van der Waals surface area (Å²) in [6.45, 7) is 12.6. The van der Waals surface area contributed by atoms with Crippen molar-refractivity contribution in [3.05, 3.63) is 52.7 Å². The lowest BCUT2D eigenvalue weighted by Gasteiger charge is -2.44. The number of ether oxygens (including phenoxy) is 1.